The van der Waals surface area contributed by atoms with Gasteiger partial charge in [-0.2, -0.15) is 0 Å². The Balaban J connectivity index is 2.64. The summed E-state index contributed by atoms with van der Waals surface area (Å²) in [6.07, 6.45) is 2.26. The first-order chi connectivity index (χ1) is 7.44. The molecule has 0 aliphatic heterocycles. The van der Waals surface area contributed by atoms with Crippen LogP contribution in [0.15, 0.2) is 12.4 Å². The van der Waals surface area contributed by atoms with Gasteiger partial charge in [0.25, 0.3) is 0 Å². The molecule has 90 valence electrons. The number of anilines is 1. The van der Waals surface area contributed by atoms with E-state index in [1.165, 1.54) is 0 Å². The number of aliphatic hydroxyl groups is 1. The standard InChI is InChI=1S/C12H21N3O/c1-5-12(4,16)7-13-11-6-10(9(2)3)14-8-15-11/h6,8-9,16H,5,7H2,1-4H3,(H,13,14,15). The smallest absolute Gasteiger partial charge is 0.129 e. The molecule has 0 bridgehead atoms. The van der Waals surface area contributed by atoms with Crippen LogP contribution in [0.2, 0.25) is 0 Å². The van der Waals surface area contributed by atoms with Crippen molar-refractivity contribution in [3.8, 4) is 0 Å². The van der Waals surface area contributed by atoms with Crippen LogP contribution in [0.5, 0.6) is 0 Å². The third-order valence-electron chi connectivity index (χ3n) is 2.69. The molecule has 0 saturated heterocycles. The first kappa shape index (κ1) is 12.9. The Morgan fingerprint density at radius 3 is 2.69 bits per heavy atom. The maximum Gasteiger partial charge on any atom is 0.129 e. The fourth-order valence-corrected chi connectivity index (χ4v) is 1.19. The Hall–Kier alpha value is -1.16. The summed E-state index contributed by atoms with van der Waals surface area (Å²) in [7, 11) is 0. The predicted molar refractivity (Wildman–Crippen MR) is 65.5 cm³/mol. The quantitative estimate of drug-likeness (QED) is 0.803. The Labute approximate surface area is 97.1 Å². The van der Waals surface area contributed by atoms with E-state index in [2.05, 4.69) is 29.1 Å². The molecule has 2 N–H and O–H groups in total. The molecule has 0 aliphatic rings. The monoisotopic (exact) mass is 223 g/mol. The molecule has 0 spiro atoms. The van der Waals surface area contributed by atoms with E-state index in [1.54, 1.807) is 6.33 Å². The largest absolute Gasteiger partial charge is 0.388 e. The normalized spacial score (nSPS) is 14.9. The first-order valence-electron chi connectivity index (χ1n) is 5.73. The van der Waals surface area contributed by atoms with Gasteiger partial charge >= 0.3 is 0 Å². The van der Waals surface area contributed by atoms with E-state index < -0.39 is 5.60 Å². The molecule has 0 radical (unpaired) electrons. The lowest BCUT2D eigenvalue weighted by Gasteiger charge is -2.22. The summed E-state index contributed by atoms with van der Waals surface area (Å²) in [6.45, 7) is 8.45. The summed E-state index contributed by atoms with van der Waals surface area (Å²) in [5.41, 5.74) is 0.316. The van der Waals surface area contributed by atoms with Crippen LogP contribution < -0.4 is 5.32 Å². The maximum atomic E-state index is 9.86. The molecule has 0 fully saturated rings. The van der Waals surface area contributed by atoms with Crippen molar-refractivity contribution >= 4 is 5.82 Å². The Bertz CT molecular complexity index is 337. The fraction of sp³-hybridized carbons (Fsp3) is 0.667. The molecule has 1 heterocycles. The van der Waals surface area contributed by atoms with Gasteiger partial charge in [-0.15, -0.1) is 0 Å². The molecule has 1 atom stereocenters. The fourth-order valence-electron chi connectivity index (χ4n) is 1.19. The van der Waals surface area contributed by atoms with E-state index in [0.29, 0.717) is 18.9 Å². The molecular formula is C12H21N3O. The van der Waals surface area contributed by atoms with Gasteiger partial charge in [0.2, 0.25) is 0 Å². The van der Waals surface area contributed by atoms with E-state index in [1.807, 2.05) is 19.9 Å². The maximum absolute atomic E-state index is 9.86. The minimum Gasteiger partial charge on any atom is -0.388 e. The molecule has 0 aromatic carbocycles. The minimum absolute atomic E-state index is 0.384. The highest BCUT2D eigenvalue weighted by Crippen LogP contribution is 2.15. The zero-order valence-electron chi connectivity index (χ0n) is 10.5. The molecule has 4 heteroatoms. The highest BCUT2D eigenvalue weighted by Gasteiger charge is 2.17. The summed E-state index contributed by atoms with van der Waals surface area (Å²) in [4.78, 5) is 8.32. The van der Waals surface area contributed by atoms with Crippen LogP contribution in [-0.2, 0) is 0 Å². The Morgan fingerprint density at radius 2 is 2.12 bits per heavy atom. The molecule has 1 aromatic heterocycles. The lowest BCUT2D eigenvalue weighted by atomic mass is 10.0. The van der Waals surface area contributed by atoms with E-state index in [9.17, 15) is 5.11 Å². The summed E-state index contributed by atoms with van der Waals surface area (Å²) in [5.74, 6) is 1.16. The van der Waals surface area contributed by atoms with Crippen LogP contribution in [0.1, 0.15) is 45.7 Å². The minimum atomic E-state index is -0.692. The average molecular weight is 223 g/mol. The lowest BCUT2D eigenvalue weighted by molar-refractivity contribution is 0.0696. The topological polar surface area (TPSA) is 58.0 Å². The van der Waals surface area contributed by atoms with Crippen molar-refractivity contribution in [1.82, 2.24) is 9.97 Å². The summed E-state index contributed by atoms with van der Waals surface area (Å²) >= 11 is 0. The van der Waals surface area contributed by atoms with Crippen LogP contribution in [-0.4, -0.2) is 27.2 Å². The second-order valence-electron chi connectivity index (χ2n) is 4.69. The van der Waals surface area contributed by atoms with Gasteiger partial charge in [0.05, 0.1) is 5.60 Å². The number of hydrogen-bond donors (Lipinski definition) is 2. The third-order valence-corrected chi connectivity index (χ3v) is 2.69. The molecule has 4 nitrogen and oxygen atoms in total. The van der Waals surface area contributed by atoms with E-state index in [-0.39, 0.29) is 0 Å². The molecule has 16 heavy (non-hydrogen) atoms. The van der Waals surface area contributed by atoms with Crippen LogP contribution >= 0.6 is 0 Å². The molecular weight excluding hydrogens is 202 g/mol. The van der Waals surface area contributed by atoms with Crippen LogP contribution in [0.4, 0.5) is 5.82 Å². The highest BCUT2D eigenvalue weighted by molar-refractivity contribution is 5.35. The van der Waals surface area contributed by atoms with E-state index in [0.717, 1.165) is 11.5 Å². The highest BCUT2D eigenvalue weighted by atomic mass is 16.3. The Kier molecular flexibility index (Phi) is 4.24. The zero-order chi connectivity index (χ0) is 12.2. The summed E-state index contributed by atoms with van der Waals surface area (Å²) < 4.78 is 0. The number of nitrogens with zero attached hydrogens (tertiary/aromatic N) is 2. The second-order valence-corrected chi connectivity index (χ2v) is 4.69. The van der Waals surface area contributed by atoms with Crippen LogP contribution in [0.25, 0.3) is 0 Å². The summed E-state index contributed by atoms with van der Waals surface area (Å²) in [5, 5.41) is 13.0. The van der Waals surface area contributed by atoms with Crippen LogP contribution in [0, 0.1) is 0 Å². The first-order valence-corrected chi connectivity index (χ1v) is 5.73. The summed E-state index contributed by atoms with van der Waals surface area (Å²) in [6, 6.07) is 1.93. The number of rotatable bonds is 5. The predicted octanol–water partition coefficient (Wildman–Crippen LogP) is 2.17. The second kappa shape index (κ2) is 5.25. The molecule has 1 aromatic rings. The molecule has 0 saturated carbocycles. The van der Waals surface area contributed by atoms with Gasteiger partial charge in [-0.3, -0.25) is 0 Å². The number of nitrogens with one attached hydrogen (secondary N) is 1. The van der Waals surface area contributed by atoms with Crippen LogP contribution in [0.3, 0.4) is 0 Å². The van der Waals surface area contributed by atoms with Gasteiger partial charge in [-0.25, -0.2) is 9.97 Å². The van der Waals surface area contributed by atoms with Crippen molar-refractivity contribution in [3.63, 3.8) is 0 Å². The van der Waals surface area contributed by atoms with Crippen molar-refractivity contribution in [3.05, 3.63) is 18.1 Å². The average Bonchev–Trinajstić information content (AvgIpc) is 2.27. The van der Waals surface area contributed by atoms with Gasteiger partial charge in [-0.1, -0.05) is 20.8 Å². The van der Waals surface area contributed by atoms with Crippen molar-refractivity contribution in [2.45, 2.75) is 45.6 Å². The lowest BCUT2D eigenvalue weighted by Crippen LogP contribution is -2.32. The molecule has 0 amide bonds. The van der Waals surface area contributed by atoms with Gasteiger partial charge in [0.15, 0.2) is 0 Å². The van der Waals surface area contributed by atoms with Gasteiger partial charge in [-0.05, 0) is 19.3 Å². The van der Waals surface area contributed by atoms with Crippen molar-refractivity contribution < 1.29 is 5.11 Å². The van der Waals surface area contributed by atoms with Crippen molar-refractivity contribution in [2.24, 2.45) is 0 Å². The molecule has 1 rings (SSSR count). The van der Waals surface area contributed by atoms with Gasteiger partial charge in [0, 0.05) is 18.3 Å². The number of aromatic nitrogens is 2. The zero-order valence-corrected chi connectivity index (χ0v) is 10.5. The Morgan fingerprint density at radius 1 is 1.44 bits per heavy atom. The molecule has 0 aliphatic carbocycles. The SMILES string of the molecule is CCC(C)(O)CNc1cc(C(C)C)ncn1. The number of hydrogen-bond acceptors (Lipinski definition) is 4. The van der Waals surface area contributed by atoms with E-state index >= 15 is 0 Å². The molecule has 1 unspecified atom stereocenters. The van der Waals surface area contributed by atoms with Gasteiger partial charge in [0.1, 0.15) is 12.1 Å². The van der Waals surface area contributed by atoms with Crippen molar-refractivity contribution in [1.29, 1.82) is 0 Å². The van der Waals surface area contributed by atoms with Crippen molar-refractivity contribution in [2.75, 3.05) is 11.9 Å². The van der Waals surface area contributed by atoms with Gasteiger partial charge < -0.3 is 10.4 Å². The third kappa shape index (κ3) is 3.77. The van der Waals surface area contributed by atoms with E-state index in [4.69, 9.17) is 0 Å².